The summed E-state index contributed by atoms with van der Waals surface area (Å²) in [4.78, 5) is 55.6. The van der Waals surface area contributed by atoms with Crippen molar-refractivity contribution < 1.29 is 19.4 Å². The first kappa shape index (κ1) is 33.8. The Kier molecular flexibility index (Phi) is 9.42. The molecule has 50 heavy (non-hydrogen) atoms. The lowest BCUT2D eigenvalue weighted by Crippen LogP contribution is -2.53. The molecular weight excluding hydrogens is 653 g/mol. The fourth-order valence-electron chi connectivity index (χ4n) is 7.42. The highest BCUT2D eigenvalue weighted by atomic mass is 32.1. The highest BCUT2D eigenvalue weighted by Gasteiger charge is 2.42. The van der Waals surface area contributed by atoms with E-state index in [9.17, 15) is 19.5 Å². The second-order valence-electron chi connectivity index (χ2n) is 13.6. The lowest BCUT2D eigenvalue weighted by atomic mass is 9.79. The van der Waals surface area contributed by atoms with E-state index in [-0.39, 0.29) is 35.8 Å². The van der Waals surface area contributed by atoms with Crippen LogP contribution in [0.1, 0.15) is 51.7 Å². The molecule has 0 saturated carbocycles. The van der Waals surface area contributed by atoms with Crippen LogP contribution in [0.3, 0.4) is 0 Å². The van der Waals surface area contributed by atoms with E-state index in [2.05, 4.69) is 9.97 Å². The number of ether oxygens (including phenoxy) is 1. The van der Waals surface area contributed by atoms with Crippen LogP contribution in [0.2, 0.25) is 0 Å². The van der Waals surface area contributed by atoms with E-state index in [0.29, 0.717) is 68.0 Å². The van der Waals surface area contributed by atoms with Crippen LogP contribution in [-0.2, 0) is 29.7 Å². The number of nitrogens with zero attached hydrogens (tertiary/aromatic N) is 6. The smallest absolute Gasteiger partial charge is 0.263 e. The van der Waals surface area contributed by atoms with Crippen molar-refractivity contribution in [2.75, 3.05) is 33.3 Å². The molecule has 2 amide bonds. The summed E-state index contributed by atoms with van der Waals surface area (Å²) in [5.41, 5.74) is 3.14. The maximum absolute atomic E-state index is 14.2. The molecule has 0 aliphatic carbocycles. The molecule has 0 bridgehead atoms. The average Bonchev–Trinajstić information content (AvgIpc) is 3.73. The summed E-state index contributed by atoms with van der Waals surface area (Å²) in [6.45, 7) is 4.12. The first-order chi connectivity index (χ1) is 24.1. The number of hydrogen-bond donors (Lipinski definition) is 1. The number of amides is 2. The van der Waals surface area contributed by atoms with Crippen LogP contribution in [-0.4, -0.2) is 84.7 Å². The van der Waals surface area contributed by atoms with Crippen molar-refractivity contribution in [1.29, 1.82) is 0 Å². The van der Waals surface area contributed by atoms with Crippen LogP contribution < -0.4 is 5.56 Å². The standard InChI is InChI=1S/C38H42N6O5S/c1-25-9-10-27(20-39-25)33-28(22-49-3)19-32(50-33)37(47)43-16-12-29(31(21-43)26-7-5-4-6-8-26)35(45)42-17-13-38(48,14-18-42)23-44-24-40-34-30(36(44)46)11-15-41(34)2/h4-11,15,19-20,24,29,31,48H,12-14,16-18,21-23H2,1-3H3/t29-,31+/m1/s1. The third kappa shape index (κ3) is 6.62. The minimum atomic E-state index is -1.13. The number of rotatable bonds is 8. The first-order valence-corrected chi connectivity index (χ1v) is 17.9. The van der Waals surface area contributed by atoms with E-state index in [0.717, 1.165) is 27.3 Å². The van der Waals surface area contributed by atoms with Gasteiger partial charge in [-0.2, -0.15) is 0 Å². The van der Waals surface area contributed by atoms with Gasteiger partial charge in [0.05, 0.1) is 29.0 Å². The van der Waals surface area contributed by atoms with Crippen molar-refractivity contribution in [3.63, 3.8) is 0 Å². The average molecular weight is 695 g/mol. The number of piperidine rings is 2. The Morgan fingerprint density at radius 1 is 1.04 bits per heavy atom. The summed E-state index contributed by atoms with van der Waals surface area (Å²) >= 11 is 1.45. The molecule has 1 N–H and O–H groups in total. The molecule has 0 spiro atoms. The molecule has 0 radical (unpaired) electrons. The molecule has 7 rings (SSSR count). The molecule has 2 aliphatic rings. The van der Waals surface area contributed by atoms with Crippen molar-refractivity contribution in [3.05, 3.63) is 105 Å². The summed E-state index contributed by atoms with van der Waals surface area (Å²) in [5, 5.41) is 12.0. The zero-order chi connectivity index (χ0) is 35.0. The number of thiophene rings is 1. The normalized spacial score (nSPS) is 19.2. The fourth-order valence-corrected chi connectivity index (χ4v) is 8.54. The number of aliphatic hydroxyl groups is 1. The molecule has 5 aromatic rings. The molecule has 2 fully saturated rings. The van der Waals surface area contributed by atoms with Crippen LogP contribution in [0, 0.1) is 12.8 Å². The first-order valence-electron chi connectivity index (χ1n) is 17.0. The van der Waals surface area contributed by atoms with Gasteiger partial charge in [0.25, 0.3) is 11.5 Å². The van der Waals surface area contributed by atoms with E-state index in [1.54, 1.807) is 23.9 Å². The van der Waals surface area contributed by atoms with E-state index >= 15 is 0 Å². The number of pyridine rings is 1. The lowest BCUT2D eigenvalue weighted by Gasteiger charge is -2.43. The quantitative estimate of drug-likeness (QED) is 0.252. The topological polar surface area (TPSA) is 123 Å². The number of carbonyl (C=O) groups is 2. The summed E-state index contributed by atoms with van der Waals surface area (Å²) in [6.07, 6.45) is 6.37. The van der Waals surface area contributed by atoms with Gasteiger partial charge in [-0.15, -0.1) is 11.3 Å². The Bertz CT molecular complexity index is 2060. The van der Waals surface area contributed by atoms with E-state index in [4.69, 9.17) is 4.74 Å². The monoisotopic (exact) mass is 694 g/mol. The fraction of sp³-hybridized carbons (Fsp3) is 0.395. The maximum atomic E-state index is 14.2. The Labute approximate surface area is 294 Å². The zero-order valence-electron chi connectivity index (χ0n) is 28.6. The third-order valence-corrected chi connectivity index (χ3v) is 11.5. The second-order valence-corrected chi connectivity index (χ2v) is 14.7. The van der Waals surface area contributed by atoms with Gasteiger partial charge in [-0.3, -0.25) is 23.9 Å². The van der Waals surface area contributed by atoms with Gasteiger partial charge in [0.1, 0.15) is 12.0 Å². The van der Waals surface area contributed by atoms with Crippen LogP contribution in [0.15, 0.2) is 78.1 Å². The molecule has 1 aromatic carbocycles. The maximum Gasteiger partial charge on any atom is 0.263 e. The highest BCUT2D eigenvalue weighted by Crippen LogP contribution is 2.38. The number of aryl methyl sites for hydroxylation is 2. The number of fused-ring (bicyclic) bond motifs is 1. The molecule has 11 nitrogen and oxygen atoms in total. The van der Waals surface area contributed by atoms with Crippen molar-refractivity contribution >= 4 is 34.2 Å². The Balaban J connectivity index is 1.06. The molecule has 2 aliphatic heterocycles. The van der Waals surface area contributed by atoms with Gasteiger partial charge < -0.3 is 24.2 Å². The van der Waals surface area contributed by atoms with Gasteiger partial charge in [0.2, 0.25) is 5.91 Å². The largest absolute Gasteiger partial charge is 0.388 e. The van der Waals surface area contributed by atoms with Gasteiger partial charge in [0.15, 0.2) is 0 Å². The van der Waals surface area contributed by atoms with Gasteiger partial charge >= 0.3 is 0 Å². The number of benzene rings is 1. The molecule has 0 unspecified atom stereocenters. The van der Waals surface area contributed by atoms with Crippen LogP contribution in [0.4, 0.5) is 0 Å². The molecule has 6 heterocycles. The summed E-state index contributed by atoms with van der Waals surface area (Å²) in [5.74, 6) is -0.484. The molecule has 2 atom stereocenters. The van der Waals surface area contributed by atoms with Gasteiger partial charge in [-0.05, 0) is 55.5 Å². The predicted molar refractivity (Wildman–Crippen MR) is 192 cm³/mol. The molecule has 12 heteroatoms. The summed E-state index contributed by atoms with van der Waals surface area (Å²) < 4.78 is 8.75. The number of methoxy groups -OCH3 is 1. The second kappa shape index (κ2) is 13.9. The van der Waals surface area contributed by atoms with Crippen molar-refractivity contribution in [1.82, 2.24) is 28.9 Å². The van der Waals surface area contributed by atoms with Crippen molar-refractivity contribution in [3.8, 4) is 10.4 Å². The summed E-state index contributed by atoms with van der Waals surface area (Å²) in [7, 11) is 3.49. The van der Waals surface area contributed by atoms with Gasteiger partial charge in [-0.1, -0.05) is 36.4 Å². The Morgan fingerprint density at radius 2 is 1.82 bits per heavy atom. The minimum Gasteiger partial charge on any atom is -0.388 e. The molecule has 4 aromatic heterocycles. The molecule has 260 valence electrons. The van der Waals surface area contributed by atoms with E-state index < -0.39 is 5.60 Å². The van der Waals surface area contributed by atoms with E-state index in [1.165, 1.54) is 22.2 Å². The van der Waals surface area contributed by atoms with E-state index in [1.807, 2.05) is 78.5 Å². The molecule has 2 saturated heterocycles. The number of hydrogen-bond acceptors (Lipinski definition) is 8. The van der Waals surface area contributed by atoms with Crippen molar-refractivity contribution in [2.45, 2.75) is 50.9 Å². The Hall–Kier alpha value is -4.65. The minimum absolute atomic E-state index is 0.0465. The van der Waals surface area contributed by atoms with Gasteiger partial charge in [-0.25, -0.2) is 4.98 Å². The third-order valence-electron chi connectivity index (χ3n) is 10.3. The molecular formula is C38H42N6O5S. The number of carbonyl (C=O) groups excluding carboxylic acids is 2. The number of likely N-dealkylation sites (tertiary alicyclic amines) is 2. The number of aromatic nitrogens is 4. The SMILES string of the molecule is COCc1cc(C(=O)N2CC[C@@H](C(=O)N3CCC(O)(Cn4cnc5c(ccn5C)c4=O)CC3)[C@H](c3ccccc3)C2)sc1-c1ccc(C)nc1. The summed E-state index contributed by atoms with van der Waals surface area (Å²) in [6, 6.07) is 17.6. The van der Waals surface area contributed by atoms with Crippen LogP contribution in [0.5, 0.6) is 0 Å². The van der Waals surface area contributed by atoms with Crippen molar-refractivity contribution in [2.24, 2.45) is 13.0 Å². The Morgan fingerprint density at radius 3 is 2.54 bits per heavy atom. The highest BCUT2D eigenvalue weighted by molar-refractivity contribution is 7.17. The van der Waals surface area contributed by atoms with Crippen LogP contribution >= 0.6 is 11.3 Å². The lowest BCUT2D eigenvalue weighted by molar-refractivity contribution is -0.142. The zero-order valence-corrected chi connectivity index (χ0v) is 29.4. The van der Waals surface area contributed by atoms with Gasteiger partial charge in [0, 0.05) is 80.7 Å². The predicted octanol–water partition coefficient (Wildman–Crippen LogP) is 4.61. The van der Waals surface area contributed by atoms with Crippen LogP contribution in [0.25, 0.3) is 21.5 Å².